The molecule has 2 heterocycles. The standard InChI is InChI=1S/C9H10F5NO2/c10-8(11,9(12,13)14)7(16)15-5-3-4-1-2-6(5)17-4/h4-6H,1-3H2,(H,15,16). The summed E-state index contributed by atoms with van der Waals surface area (Å²) >= 11 is 0. The SMILES string of the molecule is O=C(NC1CC2CCC1O2)C(F)(F)C(F)(F)F. The Morgan fingerprint density at radius 1 is 1.18 bits per heavy atom. The molecule has 0 radical (unpaired) electrons. The number of fused-ring (bicyclic) bond motifs is 2. The van der Waals surface area contributed by atoms with Crippen LogP contribution in [0.25, 0.3) is 0 Å². The van der Waals surface area contributed by atoms with Crippen molar-refractivity contribution in [2.75, 3.05) is 0 Å². The van der Waals surface area contributed by atoms with Gasteiger partial charge in [-0.05, 0) is 19.3 Å². The average molecular weight is 259 g/mol. The first kappa shape index (κ1) is 12.5. The molecule has 2 bridgehead atoms. The van der Waals surface area contributed by atoms with Gasteiger partial charge in [0.15, 0.2) is 0 Å². The highest BCUT2D eigenvalue weighted by molar-refractivity contribution is 5.84. The van der Waals surface area contributed by atoms with Crippen LogP contribution in [0.2, 0.25) is 0 Å². The van der Waals surface area contributed by atoms with Crippen molar-refractivity contribution < 1.29 is 31.5 Å². The summed E-state index contributed by atoms with van der Waals surface area (Å²) in [7, 11) is 0. The van der Waals surface area contributed by atoms with Crippen LogP contribution in [0.5, 0.6) is 0 Å². The van der Waals surface area contributed by atoms with Gasteiger partial charge >= 0.3 is 18.0 Å². The lowest BCUT2D eigenvalue weighted by molar-refractivity contribution is -0.270. The van der Waals surface area contributed by atoms with Crippen molar-refractivity contribution >= 4 is 5.91 Å². The zero-order chi connectivity index (χ0) is 12.8. The van der Waals surface area contributed by atoms with Crippen LogP contribution in [-0.4, -0.2) is 36.3 Å². The second-order valence-electron chi connectivity index (χ2n) is 4.26. The van der Waals surface area contributed by atoms with Gasteiger partial charge in [-0.1, -0.05) is 0 Å². The molecule has 3 atom stereocenters. The Morgan fingerprint density at radius 2 is 1.82 bits per heavy atom. The monoisotopic (exact) mass is 259 g/mol. The van der Waals surface area contributed by atoms with Crippen molar-refractivity contribution in [1.82, 2.24) is 5.32 Å². The van der Waals surface area contributed by atoms with Crippen LogP contribution in [0, 0.1) is 0 Å². The minimum Gasteiger partial charge on any atom is -0.373 e. The number of hydrogen-bond donors (Lipinski definition) is 1. The third-order valence-corrected chi connectivity index (χ3v) is 3.06. The van der Waals surface area contributed by atoms with E-state index in [1.54, 1.807) is 5.32 Å². The molecule has 2 aliphatic heterocycles. The number of halogens is 5. The Balaban J connectivity index is 1.98. The molecular weight excluding hydrogens is 249 g/mol. The Labute approximate surface area is 93.3 Å². The largest absolute Gasteiger partial charge is 0.463 e. The average Bonchev–Trinajstić information content (AvgIpc) is 2.76. The molecule has 2 rings (SSSR count). The number of ether oxygens (including phenoxy) is 1. The molecule has 0 aromatic carbocycles. The molecule has 1 amide bonds. The topological polar surface area (TPSA) is 38.3 Å². The van der Waals surface area contributed by atoms with Gasteiger partial charge in [0, 0.05) is 0 Å². The van der Waals surface area contributed by atoms with E-state index >= 15 is 0 Å². The van der Waals surface area contributed by atoms with Crippen LogP contribution < -0.4 is 5.32 Å². The maximum absolute atomic E-state index is 12.6. The summed E-state index contributed by atoms with van der Waals surface area (Å²) in [6.45, 7) is 0. The maximum atomic E-state index is 12.6. The van der Waals surface area contributed by atoms with Gasteiger partial charge in [-0.25, -0.2) is 0 Å². The second kappa shape index (κ2) is 3.79. The Bertz CT molecular complexity index is 330. The van der Waals surface area contributed by atoms with E-state index in [2.05, 4.69) is 0 Å². The third-order valence-electron chi connectivity index (χ3n) is 3.06. The van der Waals surface area contributed by atoms with Crippen LogP contribution in [0.4, 0.5) is 22.0 Å². The van der Waals surface area contributed by atoms with Crippen LogP contribution in [0.3, 0.4) is 0 Å². The van der Waals surface area contributed by atoms with Gasteiger partial charge in [0.2, 0.25) is 0 Å². The van der Waals surface area contributed by atoms with Crippen molar-refractivity contribution in [3.63, 3.8) is 0 Å². The minimum atomic E-state index is -5.87. The maximum Gasteiger partial charge on any atom is 0.463 e. The first-order valence-electron chi connectivity index (χ1n) is 5.13. The highest BCUT2D eigenvalue weighted by Gasteiger charge is 2.64. The molecule has 2 saturated heterocycles. The molecule has 0 aliphatic carbocycles. The van der Waals surface area contributed by atoms with E-state index in [1.165, 1.54) is 0 Å². The molecule has 17 heavy (non-hydrogen) atoms. The van der Waals surface area contributed by atoms with Crippen LogP contribution >= 0.6 is 0 Å². The highest BCUT2D eigenvalue weighted by Crippen LogP contribution is 2.38. The summed E-state index contributed by atoms with van der Waals surface area (Å²) < 4.78 is 66.2. The van der Waals surface area contributed by atoms with Crippen LogP contribution in [0.1, 0.15) is 19.3 Å². The number of alkyl halides is 5. The predicted molar refractivity (Wildman–Crippen MR) is 45.4 cm³/mol. The van der Waals surface area contributed by atoms with Crippen molar-refractivity contribution in [3.05, 3.63) is 0 Å². The Morgan fingerprint density at radius 3 is 2.24 bits per heavy atom. The number of carbonyl (C=O) groups is 1. The Kier molecular flexibility index (Phi) is 2.80. The zero-order valence-corrected chi connectivity index (χ0v) is 8.56. The van der Waals surface area contributed by atoms with E-state index in [4.69, 9.17) is 4.74 Å². The smallest absolute Gasteiger partial charge is 0.373 e. The number of carbonyl (C=O) groups excluding carboxylic acids is 1. The molecule has 0 saturated carbocycles. The van der Waals surface area contributed by atoms with E-state index in [0.717, 1.165) is 6.42 Å². The van der Waals surface area contributed by atoms with Gasteiger partial charge in [0.05, 0.1) is 18.2 Å². The number of hydrogen-bond acceptors (Lipinski definition) is 2. The van der Waals surface area contributed by atoms with Gasteiger partial charge < -0.3 is 10.1 Å². The van der Waals surface area contributed by atoms with Crippen molar-refractivity contribution in [2.45, 2.75) is 49.6 Å². The first-order chi connectivity index (χ1) is 7.72. The van der Waals surface area contributed by atoms with E-state index in [-0.39, 0.29) is 6.10 Å². The number of amides is 1. The zero-order valence-electron chi connectivity index (χ0n) is 8.56. The molecule has 0 aromatic rings. The molecule has 0 spiro atoms. The molecule has 3 nitrogen and oxygen atoms in total. The fourth-order valence-corrected chi connectivity index (χ4v) is 2.18. The van der Waals surface area contributed by atoms with Gasteiger partial charge in [0.1, 0.15) is 0 Å². The van der Waals surface area contributed by atoms with Gasteiger partial charge in [-0.2, -0.15) is 22.0 Å². The van der Waals surface area contributed by atoms with E-state index in [9.17, 15) is 26.7 Å². The summed E-state index contributed by atoms with van der Waals surface area (Å²) in [6.07, 6.45) is -4.81. The van der Waals surface area contributed by atoms with Gasteiger partial charge in [-0.3, -0.25) is 4.79 Å². The van der Waals surface area contributed by atoms with E-state index < -0.39 is 30.2 Å². The molecule has 1 N–H and O–H groups in total. The van der Waals surface area contributed by atoms with E-state index in [0.29, 0.717) is 12.8 Å². The molecule has 0 aromatic heterocycles. The molecule has 2 aliphatic rings. The molecule has 8 heteroatoms. The highest BCUT2D eigenvalue weighted by atomic mass is 19.4. The summed E-state index contributed by atoms with van der Waals surface area (Å²) in [5.41, 5.74) is 0. The van der Waals surface area contributed by atoms with E-state index in [1.807, 2.05) is 0 Å². The third kappa shape index (κ3) is 2.10. The molecular formula is C9H10F5NO2. The van der Waals surface area contributed by atoms with Crippen LogP contribution in [0.15, 0.2) is 0 Å². The number of rotatable bonds is 2. The number of nitrogens with one attached hydrogen (secondary N) is 1. The van der Waals surface area contributed by atoms with Crippen molar-refractivity contribution in [3.8, 4) is 0 Å². The summed E-state index contributed by atoms with van der Waals surface area (Å²) in [4.78, 5) is 10.9. The fourth-order valence-electron chi connectivity index (χ4n) is 2.18. The van der Waals surface area contributed by atoms with Crippen molar-refractivity contribution in [2.24, 2.45) is 0 Å². The molecule has 2 fully saturated rings. The lowest BCUT2D eigenvalue weighted by Crippen LogP contribution is -2.54. The second-order valence-corrected chi connectivity index (χ2v) is 4.26. The lowest BCUT2D eigenvalue weighted by atomic mass is 9.95. The normalized spacial score (nSPS) is 32.9. The molecule has 3 unspecified atom stereocenters. The van der Waals surface area contributed by atoms with Gasteiger partial charge in [-0.15, -0.1) is 0 Å². The first-order valence-corrected chi connectivity index (χ1v) is 5.13. The Hall–Kier alpha value is -0.920. The van der Waals surface area contributed by atoms with Gasteiger partial charge in [0.25, 0.3) is 0 Å². The van der Waals surface area contributed by atoms with Crippen LogP contribution in [-0.2, 0) is 9.53 Å². The summed E-state index contributed by atoms with van der Waals surface area (Å²) in [5.74, 6) is -7.65. The predicted octanol–water partition coefficient (Wildman–Crippen LogP) is 1.62. The van der Waals surface area contributed by atoms with Crippen molar-refractivity contribution in [1.29, 1.82) is 0 Å². The minimum absolute atomic E-state index is 0.134. The summed E-state index contributed by atoms with van der Waals surface area (Å²) in [6, 6.07) is -0.741. The lowest BCUT2D eigenvalue weighted by Gasteiger charge is -2.24. The molecule has 98 valence electrons. The summed E-state index contributed by atoms with van der Waals surface area (Å²) in [5, 5.41) is 1.72. The quantitative estimate of drug-likeness (QED) is 0.765. The fraction of sp³-hybridized carbons (Fsp3) is 0.889.